The molecule has 1 aromatic rings. The molecule has 26 heavy (non-hydrogen) atoms. The first-order valence-corrected chi connectivity index (χ1v) is 9.20. The lowest BCUT2D eigenvalue weighted by Gasteiger charge is -2.27. The van der Waals surface area contributed by atoms with E-state index in [9.17, 15) is 22.8 Å². The van der Waals surface area contributed by atoms with E-state index in [1.54, 1.807) is 13.8 Å². The number of aliphatic carboxylic acids is 1. The number of thioether (sulfide) groups is 1. The van der Waals surface area contributed by atoms with Crippen LogP contribution in [0.5, 0.6) is 0 Å². The highest BCUT2D eigenvalue weighted by atomic mass is 32.2. The van der Waals surface area contributed by atoms with Crippen LogP contribution in [-0.4, -0.2) is 57.4 Å². The first-order chi connectivity index (χ1) is 12.0. The fourth-order valence-electron chi connectivity index (χ4n) is 3.10. The zero-order chi connectivity index (χ0) is 19.7. The van der Waals surface area contributed by atoms with Gasteiger partial charge in [0.05, 0.1) is 0 Å². The van der Waals surface area contributed by atoms with Crippen LogP contribution in [0.4, 0.5) is 13.2 Å². The molecule has 0 aliphatic carbocycles. The van der Waals surface area contributed by atoms with Gasteiger partial charge in [-0.05, 0) is 38.5 Å². The highest BCUT2D eigenvalue weighted by Gasteiger charge is 2.64. The summed E-state index contributed by atoms with van der Waals surface area (Å²) >= 11 is 1.40. The maximum absolute atomic E-state index is 13.2. The van der Waals surface area contributed by atoms with Crippen molar-refractivity contribution in [1.29, 1.82) is 0 Å². The molecule has 1 aliphatic heterocycles. The quantitative estimate of drug-likeness (QED) is 0.614. The average Bonchev–Trinajstić information content (AvgIpc) is 3.00. The smallest absolute Gasteiger partial charge is 0.406 e. The molecule has 1 aliphatic rings. The molecule has 1 amide bonds. The summed E-state index contributed by atoms with van der Waals surface area (Å²) in [4.78, 5) is 33.1. The molecule has 1 atom stereocenters. The number of aryl methyl sites for hydroxylation is 2. The van der Waals surface area contributed by atoms with Gasteiger partial charge in [-0.25, -0.2) is 9.97 Å². The van der Waals surface area contributed by atoms with Gasteiger partial charge < -0.3 is 10.0 Å². The Kier molecular flexibility index (Phi) is 5.84. The number of hydrogen-bond acceptors (Lipinski definition) is 5. The minimum atomic E-state index is -4.90. The second-order valence-corrected chi connectivity index (χ2v) is 7.08. The standard InChI is InChI=1S/C16H20F3N3O3S/c1-9-11(10(2)21-14(20-9)26-3)4-5-12(23)22-7-6-15(8-22,13(24)25)16(17,18)19/h4-8H2,1-3H3,(H,24,25). The molecule has 0 saturated carbocycles. The molecule has 1 saturated heterocycles. The molecule has 1 fully saturated rings. The van der Waals surface area contributed by atoms with E-state index in [4.69, 9.17) is 5.11 Å². The Hall–Kier alpha value is -1.84. The van der Waals surface area contributed by atoms with Crippen molar-refractivity contribution in [3.63, 3.8) is 0 Å². The molecular formula is C16H20F3N3O3S. The summed E-state index contributed by atoms with van der Waals surface area (Å²) in [6.45, 7) is 2.53. The molecule has 144 valence electrons. The monoisotopic (exact) mass is 391 g/mol. The van der Waals surface area contributed by atoms with Crippen molar-refractivity contribution in [2.75, 3.05) is 19.3 Å². The normalized spacial score (nSPS) is 20.5. The predicted octanol–water partition coefficient (Wildman–Crippen LogP) is 2.61. The number of alkyl halides is 3. The van der Waals surface area contributed by atoms with Crippen LogP contribution in [0.3, 0.4) is 0 Å². The van der Waals surface area contributed by atoms with E-state index >= 15 is 0 Å². The SMILES string of the molecule is CSc1nc(C)c(CCC(=O)N2CCC(C(=O)O)(C(F)(F)F)C2)c(C)n1. The largest absolute Gasteiger partial charge is 0.481 e. The van der Waals surface area contributed by atoms with E-state index in [-0.39, 0.29) is 13.0 Å². The number of likely N-dealkylation sites (tertiary alicyclic amines) is 1. The van der Waals surface area contributed by atoms with Crippen LogP contribution in [0.1, 0.15) is 29.8 Å². The Bertz CT molecular complexity index is 703. The summed E-state index contributed by atoms with van der Waals surface area (Å²) in [5, 5.41) is 9.67. The van der Waals surface area contributed by atoms with Crippen molar-refractivity contribution in [2.45, 2.75) is 44.4 Å². The number of hydrogen-bond donors (Lipinski definition) is 1. The minimum absolute atomic E-state index is 0.0167. The number of carbonyl (C=O) groups excluding carboxylic acids is 1. The highest BCUT2D eigenvalue weighted by Crippen LogP contribution is 2.45. The fourth-order valence-corrected chi connectivity index (χ4v) is 3.56. The number of nitrogens with zero attached hydrogens (tertiary/aromatic N) is 3. The van der Waals surface area contributed by atoms with Gasteiger partial charge in [0.1, 0.15) is 0 Å². The number of carbonyl (C=O) groups is 2. The topological polar surface area (TPSA) is 83.4 Å². The number of carboxylic acids is 1. The molecule has 10 heteroatoms. The molecule has 2 rings (SSSR count). The summed E-state index contributed by atoms with van der Waals surface area (Å²) < 4.78 is 39.6. The van der Waals surface area contributed by atoms with Crippen molar-refractivity contribution in [3.05, 3.63) is 17.0 Å². The number of carboxylic acid groups (broad SMARTS) is 1. The Morgan fingerprint density at radius 1 is 1.27 bits per heavy atom. The van der Waals surface area contributed by atoms with Crippen LogP contribution in [0.25, 0.3) is 0 Å². The molecule has 1 aromatic heterocycles. The number of rotatable bonds is 5. The van der Waals surface area contributed by atoms with Crippen LogP contribution in [0, 0.1) is 19.3 Å². The van der Waals surface area contributed by atoms with Crippen molar-refractivity contribution < 1.29 is 27.9 Å². The summed E-state index contributed by atoms with van der Waals surface area (Å²) in [5.74, 6) is -2.43. The Balaban J connectivity index is 2.07. The summed E-state index contributed by atoms with van der Waals surface area (Å²) in [6, 6.07) is 0. The van der Waals surface area contributed by atoms with E-state index in [0.717, 1.165) is 21.9 Å². The maximum Gasteiger partial charge on any atom is 0.406 e. The lowest BCUT2D eigenvalue weighted by atomic mass is 9.86. The molecule has 6 nitrogen and oxygen atoms in total. The van der Waals surface area contributed by atoms with Gasteiger partial charge in [-0.3, -0.25) is 9.59 Å². The van der Waals surface area contributed by atoms with E-state index in [1.807, 2.05) is 6.26 Å². The zero-order valence-corrected chi connectivity index (χ0v) is 15.5. The van der Waals surface area contributed by atoms with Gasteiger partial charge in [0.15, 0.2) is 10.6 Å². The molecule has 1 N–H and O–H groups in total. The molecule has 0 spiro atoms. The first-order valence-electron chi connectivity index (χ1n) is 7.98. The van der Waals surface area contributed by atoms with Crippen LogP contribution in [-0.2, 0) is 16.0 Å². The van der Waals surface area contributed by atoms with Gasteiger partial charge in [0, 0.05) is 30.9 Å². The predicted molar refractivity (Wildman–Crippen MR) is 88.9 cm³/mol. The summed E-state index contributed by atoms with van der Waals surface area (Å²) in [6.07, 6.45) is -3.39. The molecule has 2 heterocycles. The van der Waals surface area contributed by atoms with Crippen LogP contribution in [0.2, 0.25) is 0 Å². The Morgan fingerprint density at radius 2 is 1.85 bits per heavy atom. The summed E-state index contributed by atoms with van der Waals surface area (Å²) in [5.41, 5.74) is -0.634. The van der Waals surface area contributed by atoms with Crippen LogP contribution < -0.4 is 0 Å². The van der Waals surface area contributed by atoms with E-state index in [1.165, 1.54) is 11.8 Å². The van der Waals surface area contributed by atoms with E-state index < -0.39 is 36.4 Å². The van der Waals surface area contributed by atoms with Crippen LogP contribution in [0.15, 0.2) is 5.16 Å². The van der Waals surface area contributed by atoms with Gasteiger partial charge in [-0.15, -0.1) is 0 Å². The average molecular weight is 391 g/mol. The lowest BCUT2D eigenvalue weighted by molar-refractivity contribution is -0.227. The Labute approximate surface area is 153 Å². The third-order valence-electron chi connectivity index (χ3n) is 4.75. The van der Waals surface area contributed by atoms with E-state index in [0.29, 0.717) is 11.6 Å². The van der Waals surface area contributed by atoms with E-state index in [2.05, 4.69) is 9.97 Å². The van der Waals surface area contributed by atoms with Crippen LogP contribution >= 0.6 is 11.8 Å². The van der Waals surface area contributed by atoms with Crippen molar-refractivity contribution in [1.82, 2.24) is 14.9 Å². The lowest BCUT2D eigenvalue weighted by Crippen LogP contribution is -2.47. The Morgan fingerprint density at radius 3 is 2.27 bits per heavy atom. The number of aromatic nitrogens is 2. The third kappa shape index (κ3) is 3.79. The molecule has 0 radical (unpaired) electrons. The molecule has 0 bridgehead atoms. The third-order valence-corrected chi connectivity index (χ3v) is 5.29. The molecule has 1 unspecified atom stereocenters. The second-order valence-electron chi connectivity index (χ2n) is 6.31. The van der Waals surface area contributed by atoms with Gasteiger partial charge >= 0.3 is 12.1 Å². The van der Waals surface area contributed by atoms with Crippen molar-refractivity contribution >= 4 is 23.6 Å². The molecule has 0 aromatic carbocycles. The zero-order valence-electron chi connectivity index (χ0n) is 14.7. The number of halogens is 3. The second kappa shape index (κ2) is 7.42. The van der Waals surface area contributed by atoms with Gasteiger partial charge in [-0.2, -0.15) is 13.2 Å². The fraction of sp³-hybridized carbons (Fsp3) is 0.625. The van der Waals surface area contributed by atoms with Gasteiger partial charge in [0.2, 0.25) is 5.91 Å². The minimum Gasteiger partial charge on any atom is -0.481 e. The maximum atomic E-state index is 13.2. The van der Waals surface area contributed by atoms with Gasteiger partial charge in [-0.1, -0.05) is 11.8 Å². The van der Waals surface area contributed by atoms with Crippen molar-refractivity contribution in [2.24, 2.45) is 5.41 Å². The molecular weight excluding hydrogens is 371 g/mol. The van der Waals surface area contributed by atoms with Gasteiger partial charge in [0.25, 0.3) is 0 Å². The first kappa shape index (κ1) is 20.5. The highest BCUT2D eigenvalue weighted by molar-refractivity contribution is 7.98. The summed E-state index contributed by atoms with van der Waals surface area (Å²) in [7, 11) is 0. The van der Waals surface area contributed by atoms with Crippen molar-refractivity contribution in [3.8, 4) is 0 Å². The number of amides is 1.